The molecule has 1 unspecified atom stereocenters. The smallest absolute Gasteiger partial charge is 0.212 e. The van der Waals surface area contributed by atoms with Gasteiger partial charge in [-0.3, -0.25) is 0 Å². The molecule has 0 aliphatic heterocycles. The van der Waals surface area contributed by atoms with Crippen molar-refractivity contribution in [2.75, 3.05) is 12.3 Å². The van der Waals surface area contributed by atoms with Crippen LogP contribution in [0.2, 0.25) is 0 Å². The van der Waals surface area contributed by atoms with Crippen molar-refractivity contribution in [1.29, 1.82) is 0 Å². The first-order valence-electron chi connectivity index (χ1n) is 4.80. The van der Waals surface area contributed by atoms with E-state index in [4.69, 9.17) is 18.0 Å². The predicted molar refractivity (Wildman–Crippen MR) is 67.2 cm³/mol. The van der Waals surface area contributed by atoms with E-state index in [2.05, 4.69) is 4.72 Å². The van der Waals surface area contributed by atoms with Crippen LogP contribution < -0.4 is 10.5 Å². The Balaban J connectivity index is 4.24. The summed E-state index contributed by atoms with van der Waals surface area (Å²) >= 11 is 4.76. The lowest BCUT2D eigenvalue weighted by Gasteiger charge is -2.19. The summed E-state index contributed by atoms with van der Waals surface area (Å²) in [4.78, 5) is 0.327. The van der Waals surface area contributed by atoms with Gasteiger partial charge in [0.2, 0.25) is 10.0 Å². The van der Waals surface area contributed by atoms with Crippen LogP contribution in [-0.2, 0) is 10.0 Å². The Labute approximate surface area is 97.7 Å². The van der Waals surface area contributed by atoms with E-state index in [1.807, 2.05) is 20.8 Å². The van der Waals surface area contributed by atoms with Crippen LogP contribution in [0.1, 0.15) is 27.7 Å². The Bertz CT molecular complexity index is 317. The van der Waals surface area contributed by atoms with Gasteiger partial charge in [-0.05, 0) is 5.41 Å². The van der Waals surface area contributed by atoms with Crippen LogP contribution in [0.25, 0.3) is 0 Å². The molecule has 0 aromatic heterocycles. The zero-order valence-corrected chi connectivity index (χ0v) is 11.3. The molecule has 0 rings (SSSR count). The molecule has 0 saturated carbocycles. The minimum absolute atomic E-state index is 0.101. The van der Waals surface area contributed by atoms with E-state index in [1.54, 1.807) is 6.92 Å². The molecule has 0 fully saturated rings. The predicted octanol–water partition coefficient (Wildman–Crippen LogP) is 0.874. The van der Waals surface area contributed by atoms with Gasteiger partial charge in [0, 0.05) is 12.5 Å². The Kier molecular flexibility index (Phi) is 5.16. The lowest BCUT2D eigenvalue weighted by molar-refractivity contribution is 0.457. The average Bonchev–Trinajstić information content (AvgIpc) is 1.95. The third kappa shape index (κ3) is 7.70. The molecule has 6 heteroatoms. The highest BCUT2D eigenvalue weighted by atomic mass is 32.2. The van der Waals surface area contributed by atoms with Crippen LogP contribution in [0.5, 0.6) is 0 Å². The fourth-order valence-electron chi connectivity index (χ4n) is 0.974. The van der Waals surface area contributed by atoms with E-state index in [-0.39, 0.29) is 23.6 Å². The first-order valence-corrected chi connectivity index (χ1v) is 6.86. The van der Waals surface area contributed by atoms with Crippen molar-refractivity contribution in [3.05, 3.63) is 0 Å². The summed E-state index contributed by atoms with van der Waals surface area (Å²) in [6, 6.07) is 0. The summed E-state index contributed by atoms with van der Waals surface area (Å²) in [5, 5.41) is 0. The second-order valence-corrected chi connectivity index (χ2v) is 7.25. The molecule has 0 aromatic carbocycles. The van der Waals surface area contributed by atoms with Gasteiger partial charge >= 0.3 is 0 Å². The average molecular weight is 252 g/mol. The molecule has 0 bridgehead atoms. The summed E-state index contributed by atoms with van der Waals surface area (Å²) in [5.74, 6) is -0.0147. The molecule has 0 aliphatic carbocycles. The van der Waals surface area contributed by atoms with Crippen LogP contribution >= 0.6 is 12.2 Å². The van der Waals surface area contributed by atoms with Gasteiger partial charge in [-0.25, -0.2) is 13.1 Å². The number of nitrogens with one attached hydrogen (secondary N) is 1. The SMILES string of the molecule is CC(CNS(=O)(=O)CC(C)(C)C)C(N)=S. The maximum atomic E-state index is 11.6. The number of nitrogens with two attached hydrogens (primary N) is 1. The highest BCUT2D eigenvalue weighted by Crippen LogP contribution is 2.15. The Hall–Kier alpha value is -0.200. The van der Waals surface area contributed by atoms with Crippen molar-refractivity contribution in [2.24, 2.45) is 17.1 Å². The second-order valence-electron chi connectivity index (χ2n) is 4.97. The van der Waals surface area contributed by atoms with Crippen LogP contribution in [0.15, 0.2) is 0 Å². The Morgan fingerprint density at radius 3 is 2.27 bits per heavy atom. The fourth-order valence-corrected chi connectivity index (χ4v) is 2.80. The monoisotopic (exact) mass is 252 g/mol. The van der Waals surface area contributed by atoms with Gasteiger partial charge < -0.3 is 5.73 Å². The van der Waals surface area contributed by atoms with Gasteiger partial charge in [-0.1, -0.05) is 39.9 Å². The number of rotatable bonds is 5. The standard InChI is InChI=1S/C9H20N2O2S2/c1-7(8(10)14)5-11-15(12,13)6-9(2,3)4/h7,11H,5-6H2,1-4H3,(H2,10,14). The molecule has 0 aliphatic rings. The lowest BCUT2D eigenvalue weighted by atomic mass is 10.0. The van der Waals surface area contributed by atoms with Crippen LogP contribution in [0.3, 0.4) is 0 Å². The molecule has 4 nitrogen and oxygen atoms in total. The zero-order chi connectivity index (χ0) is 12.3. The van der Waals surface area contributed by atoms with Gasteiger partial charge in [0.05, 0.1) is 10.7 Å². The third-order valence-electron chi connectivity index (χ3n) is 1.72. The van der Waals surface area contributed by atoms with Gasteiger partial charge in [0.1, 0.15) is 0 Å². The fraction of sp³-hybridized carbons (Fsp3) is 0.889. The normalized spacial score (nSPS) is 14.9. The van der Waals surface area contributed by atoms with Crippen LogP contribution in [0, 0.1) is 11.3 Å². The van der Waals surface area contributed by atoms with E-state index in [1.165, 1.54) is 0 Å². The van der Waals surface area contributed by atoms with E-state index >= 15 is 0 Å². The molecule has 0 spiro atoms. The molecular formula is C9H20N2O2S2. The molecule has 0 heterocycles. The first-order chi connectivity index (χ1) is 6.53. The van der Waals surface area contributed by atoms with E-state index in [9.17, 15) is 8.42 Å². The minimum Gasteiger partial charge on any atom is -0.393 e. The maximum absolute atomic E-state index is 11.6. The van der Waals surface area contributed by atoms with Crippen LogP contribution in [-0.4, -0.2) is 25.7 Å². The highest BCUT2D eigenvalue weighted by molar-refractivity contribution is 7.89. The van der Waals surface area contributed by atoms with E-state index in [0.717, 1.165) is 0 Å². The molecule has 15 heavy (non-hydrogen) atoms. The minimum atomic E-state index is -3.23. The Morgan fingerprint density at radius 1 is 1.47 bits per heavy atom. The van der Waals surface area contributed by atoms with Gasteiger partial charge in [-0.2, -0.15) is 0 Å². The quantitative estimate of drug-likeness (QED) is 0.712. The molecule has 0 radical (unpaired) electrons. The second kappa shape index (κ2) is 5.23. The Morgan fingerprint density at radius 2 is 1.93 bits per heavy atom. The summed E-state index contributed by atoms with van der Waals surface area (Å²) in [5.41, 5.74) is 5.14. The third-order valence-corrected chi connectivity index (χ3v) is 3.97. The summed E-state index contributed by atoms with van der Waals surface area (Å²) in [6.07, 6.45) is 0. The molecular weight excluding hydrogens is 232 g/mol. The highest BCUT2D eigenvalue weighted by Gasteiger charge is 2.21. The largest absolute Gasteiger partial charge is 0.393 e. The van der Waals surface area contributed by atoms with Crippen LogP contribution in [0.4, 0.5) is 0 Å². The van der Waals surface area contributed by atoms with Crippen molar-refractivity contribution in [2.45, 2.75) is 27.7 Å². The van der Waals surface area contributed by atoms with Crippen molar-refractivity contribution in [1.82, 2.24) is 4.72 Å². The van der Waals surface area contributed by atoms with Gasteiger partial charge in [0.25, 0.3) is 0 Å². The maximum Gasteiger partial charge on any atom is 0.212 e. The number of sulfonamides is 1. The number of thiocarbonyl (C=S) groups is 1. The molecule has 0 aromatic rings. The molecule has 0 amide bonds. The molecule has 90 valence electrons. The van der Waals surface area contributed by atoms with Crippen molar-refractivity contribution in [3.8, 4) is 0 Å². The molecule has 3 N–H and O–H groups in total. The molecule has 1 atom stereocenters. The summed E-state index contributed by atoms with van der Waals surface area (Å²) < 4.78 is 25.7. The van der Waals surface area contributed by atoms with Crippen molar-refractivity contribution < 1.29 is 8.42 Å². The number of hydrogen-bond acceptors (Lipinski definition) is 3. The summed E-state index contributed by atoms with van der Waals surface area (Å²) in [7, 11) is -3.23. The van der Waals surface area contributed by atoms with Crippen molar-refractivity contribution in [3.63, 3.8) is 0 Å². The molecule has 0 saturated heterocycles. The van der Waals surface area contributed by atoms with E-state index < -0.39 is 10.0 Å². The lowest BCUT2D eigenvalue weighted by Crippen LogP contribution is -2.37. The van der Waals surface area contributed by atoms with E-state index in [0.29, 0.717) is 4.99 Å². The van der Waals surface area contributed by atoms with Gasteiger partial charge in [0.15, 0.2) is 0 Å². The topological polar surface area (TPSA) is 72.2 Å². The summed E-state index contributed by atoms with van der Waals surface area (Å²) in [6.45, 7) is 7.70. The van der Waals surface area contributed by atoms with Gasteiger partial charge in [-0.15, -0.1) is 0 Å². The first kappa shape index (κ1) is 14.8. The van der Waals surface area contributed by atoms with Crippen molar-refractivity contribution >= 4 is 27.2 Å². The zero-order valence-electron chi connectivity index (χ0n) is 9.70. The number of hydrogen-bond donors (Lipinski definition) is 2.